The van der Waals surface area contributed by atoms with Gasteiger partial charge in [0, 0.05) is 38.1 Å². The fraction of sp³-hybridized carbons (Fsp3) is 0.905. The van der Waals surface area contributed by atoms with Gasteiger partial charge in [-0.3, -0.25) is 15.0 Å². The number of fused-ring (bicyclic) bond motifs is 2. The molecule has 0 radical (unpaired) electrons. The van der Waals surface area contributed by atoms with Gasteiger partial charge in [0.15, 0.2) is 0 Å². The van der Waals surface area contributed by atoms with Crippen LogP contribution in [0.4, 0.5) is 0 Å². The van der Waals surface area contributed by atoms with Crippen LogP contribution in [0.1, 0.15) is 38.5 Å². The van der Waals surface area contributed by atoms with E-state index < -0.39 is 11.6 Å². The third kappa shape index (κ3) is 3.35. The van der Waals surface area contributed by atoms with E-state index in [0.717, 1.165) is 19.4 Å². The van der Waals surface area contributed by atoms with Crippen molar-refractivity contribution in [1.82, 2.24) is 26.0 Å². The number of aliphatic hydroxyl groups is 1. The summed E-state index contributed by atoms with van der Waals surface area (Å²) in [5.74, 6) is 0.820. The number of piperidine rings is 1. The summed E-state index contributed by atoms with van der Waals surface area (Å²) in [4.78, 5) is 30.1. The van der Waals surface area contributed by atoms with Gasteiger partial charge in [-0.15, -0.1) is 0 Å². The lowest BCUT2D eigenvalue weighted by molar-refractivity contribution is -0.175. The van der Waals surface area contributed by atoms with Gasteiger partial charge in [-0.1, -0.05) is 12.8 Å². The minimum Gasteiger partial charge on any atom is -0.394 e. The van der Waals surface area contributed by atoms with E-state index in [2.05, 4.69) is 16.2 Å². The van der Waals surface area contributed by atoms with Gasteiger partial charge in [-0.2, -0.15) is 0 Å². The molecular formula is C21H35N5O4. The summed E-state index contributed by atoms with van der Waals surface area (Å²) in [5.41, 5.74) is 5.83. The van der Waals surface area contributed by atoms with E-state index in [1.54, 1.807) is 11.9 Å². The number of hydrazine groups is 1. The summed E-state index contributed by atoms with van der Waals surface area (Å²) in [7, 11) is 1.74. The first-order chi connectivity index (χ1) is 14.5. The fourth-order valence-corrected chi connectivity index (χ4v) is 6.15. The average Bonchev–Trinajstić information content (AvgIpc) is 3.35. The molecule has 0 aromatic carbocycles. The topological polar surface area (TPSA) is 106 Å². The molecule has 0 bridgehead atoms. The largest absolute Gasteiger partial charge is 0.394 e. The standard InChI is InChI=1S/C21H35N5O4/c1-25(21(10-27)11-30-12-21)20(29)18-14-9-26(7-6-16(14)23-24-18)19(28)17-8-13-4-2-3-5-15(13)22-17/h13-18,22-24,27H,2-12H2,1H3. The van der Waals surface area contributed by atoms with Gasteiger partial charge in [-0.25, -0.2) is 5.43 Å². The van der Waals surface area contributed by atoms with Gasteiger partial charge in [0.05, 0.1) is 25.9 Å². The molecule has 30 heavy (non-hydrogen) atoms. The highest BCUT2D eigenvalue weighted by atomic mass is 16.5. The molecule has 4 N–H and O–H groups in total. The predicted octanol–water partition coefficient (Wildman–Crippen LogP) is -1.18. The second-order valence-electron chi connectivity index (χ2n) is 9.99. The molecule has 2 amide bonds. The van der Waals surface area contributed by atoms with E-state index >= 15 is 0 Å². The maximum absolute atomic E-state index is 13.3. The Bertz CT molecular complexity index is 667. The summed E-state index contributed by atoms with van der Waals surface area (Å²) in [6.45, 7) is 1.93. The smallest absolute Gasteiger partial charge is 0.241 e. The summed E-state index contributed by atoms with van der Waals surface area (Å²) < 4.78 is 5.27. The Morgan fingerprint density at radius 2 is 1.97 bits per heavy atom. The maximum Gasteiger partial charge on any atom is 0.241 e. The third-order valence-electron chi connectivity index (χ3n) is 8.33. The molecular weight excluding hydrogens is 386 g/mol. The Hall–Kier alpha value is -1.26. The Labute approximate surface area is 177 Å². The monoisotopic (exact) mass is 421 g/mol. The molecule has 1 aliphatic carbocycles. The normalized spacial score (nSPS) is 39.7. The van der Waals surface area contributed by atoms with Crippen molar-refractivity contribution in [2.45, 2.75) is 68.2 Å². The minimum absolute atomic E-state index is 0.0260. The van der Waals surface area contributed by atoms with E-state index in [-0.39, 0.29) is 36.4 Å². The first kappa shape index (κ1) is 20.6. The molecule has 6 unspecified atom stereocenters. The van der Waals surface area contributed by atoms with E-state index in [0.29, 0.717) is 31.7 Å². The lowest BCUT2D eigenvalue weighted by Gasteiger charge is -2.48. The maximum atomic E-state index is 13.3. The Kier molecular flexibility index (Phi) is 5.51. The van der Waals surface area contributed by atoms with E-state index in [4.69, 9.17) is 4.74 Å². The number of carbonyl (C=O) groups is 2. The molecule has 5 fully saturated rings. The number of hydrogen-bond acceptors (Lipinski definition) is 7. The number of rotatable bonds is 4. The first-order valence-electron chi connectivity index (χ1n) is 11.5. The predicted molar refractivity (Wildman–Crippen MR) is 109 cm³/mol. The Morgan fingerprint density at radius 1 is 1.17 bits per heavy atom. The van der Waals surface area contributed by atoms with Gasteiger partial charge in [-0.05, 0) is 31.6 Å². The zero-order valence-electron chi connectivity index (χ0n) is 17.8. The molecule has 0 aromatic rings. The molecule has 9 heteroatoms. The van der Waals surface area contributed by atoms with Crippen molar-refractivity contribution in [1.29, 1.82) is 0 Å². The number of amides is 2. The van der Waals surface area contributed by atoms with Crippen LogP contribution in [-0.4, -0.2) is 96.4 Å². The number of nitrogens with zero attached hydrogens (tertiary/aromatic N) is 2. The van der Waals surface area contributed by atoms with Crippen LogP contribution >= 0.6 is 0 Å². The molecule has 4 aliphatic heterocycles. The number of ether oxygens (including phenoxy) is 1. The van der Waals surface area contributed by atoms with Crippen LogP contribution in [0, 0.1) is 11.8 Å². The summed E-state index contributed by atoms with van der Waals surface area (Å²) in [6, 6.07) is 0.206. The van der Waals surface area contributed by atoms with Crippen LogP contribution in [0.5, 0.6) is 0 Å². The minimum atomic E-state index is -0.620. The quantitative estimate of drug-likeness (QED) is 0.453. The van der Waals surface area contributed by atoms with Crippen LogP contribution in [0.2, 0.25) is 0 Å². The van der Waals surface area contributed by atoms with Crippen molar-refractivity contribution < 1.29 is 19.4 Å². The second-order valence-corrected chi connectivity index (χ2v) is 9.99. The summed E-state index contributed by atoms with van der Waals surface area (Å²) in [5, 5.41) is 13.4. The molecule has 5 rings (SSSR count). The van der Waals surface area contributed by atoms with Crippen molar-refractivity contribution in [2.24, 2.45) is 11.8 Å². The molecule has 0 aromatic heterocycles. The van der Waals surface area contributed by atoms with Crippen molar-refractivity contribution in [3.63, 3.8) is 0 Å². The molecule has 168 valence electrons. The first-order valence-corrected chi connectivity index (χ1v) is 11.5. The number of carbonyl (C=O) groups excluding carboxylic acids is 2. The Morgan fingerprint density at radius 3 is 2.67 bits per heavy atom. The van der Waals surface area contributed by atoms with Gasteiger partial charge in [0.25, 0.3) is 0 Å². The lowest BCUT2D eigenvalue weighted by atomic mass is 9.84. The van der Waals surface area contributed by atoms with E-state index in [1.165, 1.54) is 25.7 Å². The van der Waals surface area contributed by atoms with Crippen LogP contribution in [0.25, 0.3) is 0 Å². The number of aliphatic hydroxyl groups excluding tert-OH is 1. The second kappa shape index (κ2) is 8.02. The van der Waals surface area contributed by atoms with Crippen molar-refractivity contribution in [3.8, 4) is 0 Å². The highest BCUT2D eigenvalue weighted by Gasteiger charge is 2.51. The summed E-state index contributed by atoms with van der Waals surface area (Å²) in [6.07, 6.45) is 6.76. The summed E-state index contributed by atoms with van der Waals surface area (Å²) >= 11 is 0. The van der Waals surface area contributed by atoms with Gasteiger partial charge >= 0.3 is 0 Å². The van der Waals surface area contributed by atoms with Gasteiger partial charge in [0.1, 0.15) is 11.6 Å². The average molecular weight is 422 g/mol. The van der Waals surface area contributed by atoms with E-state index in [1.807, 2.05) is 4.90 Å². The number of hydrogen-bond donors (Lipinski definition) is 4. The highest BCUT2D eigenvalue weighted by molar-refractivity contribution is 5.85. The number of likely N-dealkylation sites (N-methyl/N-ethyl adjacent to an activating group) is 1. The van der Waals surface area contributed by atoms with Crippen LogP contribution in [0.15, 0.2) is 0 Å². The molecule has 6 atom stereocenters. The van der Waals surface area contributed by atoms with Gasteiger partial charge in [0.2, 0.25) is 11.8 Å². The molecule has 1 saturated carbocycles. The lowest BCUT2D eigenvalue weighted by Crippen LogP contribution is -2.67. The van der Waals surface area contributed by atoms with Crippen LogP contribution < -0.4 is 16.2 Å². The zero-order chi connectivity index (χ0) is 20.9. The van der Waals surface area contributed by atoms with Crippen LogP contribution in [0.3, 0.4) is 0 Å². The van der Waals surface area contributed by atoms with Crippen molar-refractivity contribution >= 4 is 11.8 Å². The highest BCUT2D eigenvalue weighted by Crippen LogP contribution is 2.35. The SMILES string of the molecule is CN(C(=O)C1NNC2CCN(C(=O)C3CC4CCCCC4N3)CC21)C1(CO)COC1. The number of nitrogens with one attached hydrogen (secondary N) is 3. The molecule has 0 spiro atoms. The van der Waals surface area contributed by atoms with Crippen molar-refractivity contribution in [2.75, 3.05) is 40.0 Å². The Balaban J connectivity index is 1.24. The third-order valence-corrected chi connectivity index (χ3v) is 8.33. The van der Waals surface area contributed by atoms with E-state index in [9.17, 15) is 14.7 Å². The molecule has 9 nitrogen and oxygen atoms in total. The van der Waals surface area contributed by atoms with Crippen LogP contribution in [-0.2, 0) is 14.3 Å². The molecule has 5 aliphatic rings. The van der Waals surface area contributed by atoms with Crippen molar-refractivity contribution in [3.05, 3.63) is 0 Å². The molecule has 4 heterocycles. The van der Waals surface area contributed by atoms with Gasteiger partial charge < -0.3 is 25.0 Å². The zero-order valence-corrected chi connectivity index (χ0v) is 17.8. The number of likely N-dealkylation sites (tertiary alicyclic amines) is 1. The molecule has 4 saturated heterocycles. The fourth-order valence-electron chi connectivity index (χ4n) is 6.15.